The number of unbranched alkanes of at least 4 members (excludes halogenated alkanes) is 1. The predicted octanol–water partition coefficient (Wildman–Crippen LogP) is 6.66. The highest BCUT2D eigenvalue weighted by atomic mass is 35.5. The number of anilines is 1. The van der Waals surface area contributed by atoms with Crippen LogP contribution in [0.5, 0.6) is 0 Å². The highest BCUT2D eigenvalue weighted by molar-refractivity contribution is 6.42. The summed E-state index contributed by atoms with van der Waals surface area (Å²) in [4.78, 5) is 15.9. The highest BCUT2D eigenvalue weighted by Crippen LogP contribution is 2.68. The zero-order valence-corrected chi connectivity index (χ0v) is 23.8. The fourth-order valence-electron chi connectivity index (χ4n) is 7.98. The summed E-state index contributed by atoms with van der Waals surface area (Å²) in [7, 11) is 0. The molecular formula is C32H37Cl2N3O2. The number of benzene rings is 2. The molecule has 39 heavy (non-hydrogen) atoms. The maximum Gasteiger partial charge on any atom is 0.228 e. The summed E-state index contributed by atoms with van der Waals surface area (Å²) in [6, 6.07) is 15.8. The van der Waals surface area contributed by atoms with Crippen LogP contribution in [0.2, 0.25) is 10.0 Å². The molecule has 4 aliphatic rings. The second-order valence-electron chi connectivity index (χ2n) is 12.4. The van der Waals surface area contributed by atoms with Gasteiger partial charge >= 0.3 is 0 Å². The number of aliphatic hydroxyl groups is 1. The molecule has 206 valence electrons. The third-order valence-electron chi connectivity index (χ3n) is 10.1. The van der Waals surface area contributed by atoms with Crippen molar-refractivity contribution in [2.45, 2.75) is 62.9 Å². The van der Waals surface area contributed by atoms with Gasteiger partial charge < -0.3 is 15.3 Å². The number of hydrogen-bond donors (Lipinski definition) is 2. The minimum absolute atomic E-state index is 0.0474. The van der Waals surface area contributed by atoms with Crippen LogP contribution < -0.4 is 5.32 Å². The molecule has 0 spiro atoms. The van der Waals surface area contributed by atoms with E-state index >= 15 is 0 Å². The molecule has 1 heterocycles. The van der Waals surface area contributed by atoms with Crippen LogP contribution >= 0.6 is 23.2 Å². The number of nitrogens with one attached hydrogen (secondary N) is 1. The fraction of sp³-hybridized carbons (Fsp3) is 0.562. The molecule has 5 nitrogen and oxygen atoms in total. The van der Waals surface area contributed by atoms with Crippen molar-refractivity contribution < 1.29 is 9.90 Å². The van der Waals surface area contributed by atoms with Crippen LogP contribution in [0.1, 0.15) is 62.5 Å². The molecule has 1 aliphatic heterocycles. The van der Waals surface area contributed by atoms with E-state index in [0.717, 1.165) is 63.7 Å². The molecule has 7 heteroatoms. The second kappa shape index (κ2) is 11.1. The van der Waals surface area contributed by atoms with E-state index in [4.69, 9.17) is 23.2 Å². The van der Waals surface area contributed by atoms with Crippen molar-refractivity contribution in [1.29, 1.82) is 5.26 Å². The molecule has 0 bridgehead atoms. The Morgan fingerprint density at radius 1 is 1.15 bits per heavy atom. The first-order valence-corrected chi connectivity index (χ1v) is 15.3. The van der Waals surface area contributed by atoms with Crippen molar-refractivity contribution in [3.05, 3.63) is 63.6 Å². The Morgan fingerprint density at radius 3 is 2.77 bits per heavy atom. The lowest BCUT2D eigenvalue weighted by Crippen LogP contribution is -2.23. The summed E-state index contributed by atoms with van der Waals surface area (Å²) >= 11 is 12.3. The van der Waals surface area contributed by atoms with Crippen molar-refractivity contribution in [3.63, 3.8) is 0 Å². The first-order valence-electron chi connectivity index (χ1n) is 14.5. The lowest BCUT2D eigenvalue weighted by molar-refractivity contribution is -0.118. The lowest BCUT2D eigenvalue weighted by Gasteiger charge is -2.29. The number of carbonyl (C=O) groups excluding carboxylic acids is 1. The Bertz CT molecular complexity index is 1280. The number of amides is 1. The molecule has 1 saturated heterocycles. The second-order valence-corrected chi connectivity index (χ2v) is 13.2. The maximum absolute atomic E-state index is 13.5. The average molecular weight is 567 g/mol. The molecule has 2 aromatic rings. The number of aliphatic hydroxyl groups excluding tert-OH is 1. The zero-order chi connectivity index (χ0) is 27.1. The molecule has 3 aliphatic carbocycles. The molecule has 3 saturated carbocycles. The molecule has 0 aromatic heterocycles. The first kappa shape index (κ1) is 27.1. The topological polar surface area (TPSA) is 76.4 Å². The van der Waals surface area contributed by atoms with Crippen molar-refractivity contribution in [2.75, 3.05) is 25.0 Å². The van der Waals surface area contributed by atoms with E-state index in [1.807, 2.05) is 18.2 Å². The van der Waals surface area contributed by atoms with Gasteiger partial charge in [0.2, 0.25) is 5.91 Å². The lowest BCUT2D eigenvalue weighted by atomic mass is 9.75. The normalized spacial score (nSPS) is 33.3. The number of rotatable bonds is 9. The summed E-state index contributed by atoms with van der Waals surface area (Å²) in [6.07, 6.45) is 8.71. The van der Waals surface area contributed by atoms with E-state index in [-0.39, 0.29) is 23.3 Å². The number of β-amino-alcohol motifs (C(OH)–C–C–N with tert-alkyl or cyclic N) is 1. The largest absolute Gasteiger partial charge is 0.392 e. The number of carbonyl (C=O) groups is 1. The van der Waals surface area contributed by atoms with Crippen LogP contribution in [0.3, 0.4) is 0 Å². The van der Waals surface area contributed by atoms with Crippen LogP contribution in [-0.4, -0.2) is 41.7 Å². The van der Waals surface area contributed by atoms with E-state index in [2.05, 4.69) is 28.4 Å². The molecular weight excluding hydrogens is 529 g/mol. The molecule has 7 atom stereocenters. The number of halogens is 2. The van der Waals surface area contributed by atoms with Crippen LogP contribution in [0, 0.1) is 40.9 Å². The minimum atomic E-state index is -0.171. The standard InChI is InChI=1S/C32H37Cl2N3O2/c33-27-8-7-24(16-28(27)34)36-31(39)30-26(6-1-2-12-37-13-10-25(38)19-37)29(30)21-9-11-32(17-23(32)15-21)22-5-3-4-20(14-22)18-35/h3-5,7-8,14,16,21,23,25-26,29-30,38H,1-2,6,9-13,15,17,19H2,(H,36,39)/t21-,23?,25+,26?,29?,30?,32-/m1/s1. The summed E-state index contributed by atoms with van der Waals surface area (Å²) in [5.74, 6) is 2.26. The molecule has 4 fully saturated rings. The average Bonchev–Trinajstić information content (AvgIpc) is 3.81. The third kappa shape index (κ3) is 5.59. The van der Waals surface area contributed by atoms with Gasteiger partial charge in [-0.25, -0.2) is 0 Å². The van der Waals surface area contributed by atoms with Gasteiger partial charge in [0.25, 0.3) is 0 Å². The monoisotopic (exact) mass is 565 g/mol. The predicted molar refractivity (Wildman–Crippen MR) is 155 cm³/mol. The first-order chi connectivity index (χ1) is 18.9. The summed E-state index contributed by atoms with van der Waals surface area (Å²) < 4.78 is 0. The Labute approximate surface area is 241 Å². The van der Waals surface area contributed by atoms with Gasteiger partial charge in [0.05, 0.1) is 27.8 Å². The summed E-state index contributed by atoms with van der Waals surface area (Å²) in [5, 5.41) is 23.2. The van der Waals surface area contributed by atoms with Crippen molar-refractivity contribution in [1.82, 2.24) is 4.90 Å². The number of fused-ring (bicyclic) bond motifs is 1. The highest BCUT2D eigenvalue weighted by Gasteiger charge is 2.63. The zero-order valence-electron chi connectivity index (χ0n) is 22.3. The maximum atomic E-state index is 13.5. The minimum Gasteiger partial charge on any atom is -0.392 e. The van der Waals surface area contributed by atoms with E-state index in [0.29, 0.717) is 39.4 Å². The smallest absolute Gasteiger partial charge is 0.228 e. The van der Waals surface area contributed by atoms with Crippen LogP contribution in [0.15, 0.2) is 42.5 Å². The van der Waals surface area contributed by atoms with Gasteiger partial charge in [0.15, 0.2) is 0 Å². The van der Waals surface area contributed by atoms with Gasteiger partial charge in [-0.15, -0.1) is 0 Å². The van der Waals surface area contributed by atoms with Gasteiger partial charge in [-0.2, -0.15) is 5.26 Å². The number of nitriles is 1. The molecule has 6 rings (SSSR count). The molecule has 2 aromatic carbocycles. The number of nitrogens with zero attached hydrogens (tertiary/aromatic N) is 2. The Kier molecular flexibility index (Phi) is 7.68. The Morgan fingerprint density at radius 2 is 2.03 bits per heavy atom. The van der Waals surface area contributed by atoms with E-state index in [1.54, 1.807) is 12.1 Å². The molecule has 0 radical (unpaired) electrons. The summed E-state index contributed by atoms with van der Waals surface area (Å²) in [5.41, 5.74) is 3.03. The van der Waals surface area contributed by atoms with Gasteiger partial charge in [-0.05, 0) is 116 Å². The quantitative estimate of drug-likeness (QED) is 0.333. The van der Waals surface area contributed by atoms with Gasteiger partial charge in [-0.1, -0.05) is 41.8 Å². The van der Waals surface area contributed by atoms with Crippen LogP contribution in [0.4, 0.5) is 5.69 Å². The molecule has 1 amide bonds. The van der Waals surface area contributed by atoms with Gasteiger partial charge in [0, 0.05) is 24.7 Å². The van der Waals surface area contributed by atoms with Crippen LogP contribution in [0.25, 0.3) is 0 Å². The van der Waals surface area contributed by atoms with Crippen molar-refractivity contribution in [3.8, 4) is 6.07 Å². The SMILES string of the molecule is N#Cc1cccc([C@]23CC[C@@H](C4C(CCCCN5CC[C@H](O)C5)C4C(=O)Nc4ccc(Cl)c(Cl)c4)CC2C3)c1. The van der Waals surface area contributed by atoms with Crippen molar-refractivity contribution >= 4 is 34.8 Å². The van der Waals surface area contributed by atoms with Gasteiger partial charge in [0.1, 0.15) is 0 Å². The Balaban J connectivity index is 1.10. The van der Waals surface area contributed by atoms with E-state index in [9.17, 15) is 15.2 Å². The van der Waals surface area contributed by atoms with Crippen molar-refractivity contribution in [2.24, 2.45) is 29.6 Å². The molecule has 4 unspecified atom stereocenters. The number of likely N-dealkylation sites (tertiary alicyclic amines) is 1. The van der Waals surface area contributed by atoms with E-state index < -0.39 is 0 Å². The number of hydrogen-bond acceptors (Lipinski definition) is 4. The molecule has 2 N–H and O–H groups in total. The van der Waals surface area contributed by atoms with Gasteiger partial charge in [-0.3, -0.25) is 4.79 Å². The Hall–Kier alpha value is -2.10. The fourth-order valence-corrected chi connectivity index (χ4v) is 8.28. The van der Waals surface area contributed by atoms with E-state index in [1.165, 1.54) is 18.4 Å². The van der Waals surface area contributed by atoms with Crippen LogP contribution in [-0.2, 0) is 10.2 Å². The third-order valence-corrected chi connectivity index (χ3v) is 10.9. The summed E-state index contributed by atoms with van der Waals surface area (Å²) in [6.45, 7) is 2.82.